The molecule has 1 radical (unpaired) electrons. The van der Waals surface area contributed by atoms with Crippen molar-refractivity contribution in [1.29, 1.82) is 0 Å². The summed E-state index contributed by atoms with van der Waals surface area (Å²) in [4.78, 5) is 8.52. The van der Waals surface area contributed by atoms with E-state index in [4.69, 9.17) is 0 Å². The van der Waals surface area contributed by atoms with E-state index in [1.54, 1.807) is 24.4 Å². The molecule has 0 fully saturated rings. The van der Waals surface area contributed by atoms with Gasteiger partial charge in [0.1, 0.15) is 0 Å². The van der Waals surface area contributed by atoms with Crippen molar-refractivity contribution in [3.63, 3.8) is 0 Å². The van der Waals surface area contributed by atoms with E-state index in [2.05, 4.69) is 40.3 Å². The first-order valence-electron chi connectivity index (χ1n) is 10.5. The minimum absolute atomic E-state index is 0. The Morgan fingerprint density at radius 2 is 1.31 bits per heavy atom. The van der Waals surface area contributed by atoms with E-state index in [9.17, 15) is 13.2 Å². The van der Waals surface area contributed by atoms with E-state index >= 15 is 0 Å². The number of halogens is 3. The molecule has 3 aromatic carbocycles. The van der Waals surface area contributed by atoms with Crippen LogP contribution in [0.4, 0.5) is 13.2 Å². The van der Waals surface area contributed by atoms with Gasteiger partial charge in [-0.1, -0.05) is 54.6 Å². The Morgan fingerprint density at radius 1 is 0.600 bits per heavy atom. The maximum atomic E-state index is 12.3. The van der Waals surface area contributed by atoms with Gasteiger partial charge < -0.3 is 9.97 Å². The van der Waals surface area contributed by atoms with E-state index < -0.39 is 11.7 Å². The first-order chi connectivity index (χ1) is 16.5. The standard InChI is InChI=1S/C17H12N.C12H7F3N.Ir/c1-3-7-14(8-4-1)16-11-12-17(18-13-16)15-9-5-2-6-10-15;13-12(14,15)10-6-4-9(5-7-10)11-3-1-2-8-16-11;/h1-9,11-13H;1-4,6-8H;/q2*-1;. The van der Waals surface area contributed by atoms with Crippen LogP contribution in [0.2, 0.25) is 0 Å². The number of benzene rings is 3. The van der Waals surface area contributed by atoms with Gasteiger partial charge in [0.15, 0.2) is 0 Å². The molecule has 0 atom stereocenters. The van der Waals surface area contributed by atoms with Crippen molar-refractivity contribution in [2.45, 2.75) is 6.18 Å². The monoisotopic (exact) mass is 645 g/mol. The predicted molar refractivity (Wildman–Crippen MR) is 127 cm³/mol. The topological polar surface area (TPSA) is 25.8 Å². The summed E-state index contributed by atoms with van der Waals surface area (Å²) in [6.07, 6.45) is -0.828. The summed E-state index contributed by atoms with van der Waals surface area (Å²) in [5, 5.41) is 0. The number of pyridine rings is 2. The molecule has 0 aliphatic carbocycles. The van der Waals surface area contributed by atoms with Crippen LogP contribution in [-0.4, -0.2) is 9.97 Å². The summed E-state index contributed by atoms with van der Waals surface area (Å²) in [6.45, 7) is 0. The molecule has 2 nitrogen and oxygen atoms in total. The average Bonchev–Trinajstić information content (AvgIpc) is 2.90. The average molecular weight is 645 g/mol. The van der Waals surface area contributed by atoms with Crippen molar-refractivity contribution in [1.82, 2.24) is 9.97 Å². The van der Waals surface area contributed by atoms with Gasteiger partial charge >= 0.3 is 6.18 Å². The summed E-state index contributed by atoms with van der Waals surface area (Å²) in [5.41, 5.74) is 4.76. The van der Waals surface area contributed by atoms with Gasteiger partial charge in [0.2, 0.25) is 0 Å². The fourth-order valence-electron chi connectivity index (χ4n) is 3.19. The number of alkyl halides is 3. The van der Waals surface area contributed by atoms with Gasteiger partial charge in [-0.05, 0) is 34.1 Å². The van der Waals surface area contributed by atoms with Crippen LogP contribution in [0, 0.1) is 12.1 Å². The Kier molecular flexibility index (Phi) is 9.07. The second kappa shape index (κ2) is 12.2. The molecule has 0 aliphatic rings. The van der Waals surface area contributed by atoms with Crippen LogP contribution in [0.5, 0.6) is 0 Å². The molecule has 5 aromatic rings. The summed E-state index contributed by atoms with van der Waals surface area (Å²) in [5.74, 6) is 0. The van der Waals surface area contributed by atoms with Gasteiger partial charge in [0, 0.05) is 32.5 Å². The van der Waals surface area contributed by atoms with Gasteiger partial charge in [-0.2, -0.15) is 13.2 Å². The molecule has 0 aliphatic heterocycles. The van der Waals surface area contributed by atoms with E-state index in [1.165, 1.54) is 11.6 Å². The molecule has 0 spiro atoms. The Balaban J connectivity index is 0.000000192. The quantitative estimate of drug-likeness (QED) is 0.188. The van der Waals surface area contributed by atoms with Crippen molar-refractivity contribution in [2.75, 3.05) is 0 Å². The van der Waals surface area contributed by atoms with Crippen LogP contribution in [0.25, 0.3) is 33.6 Å². The van der Waals surface area contributed by atoms with E-state index in [0.717, 1.165) is 29.0 Å². The predicted octanol–water partition coefficient (Wildman–Crippen LogP) is 7.78. The van der Waals surface area contributed by atoms with Crippen LogP contribution in [0.1, 0.15) is 5.56 Å². The molecule has 5 rings (SSSR count). The molecule has 177 valence electrons. The zero-order chi connectivity index (χ0) is 23.8. The number of hydrogen-bond acceptors (Lipinski definition) is 2. The third-order valence-corrected chi connectivity index (χ3v) is 4.94. The third-order valence-electron chi connectivity index (χ3n) is 4.94. The minimum Gasteiger partial charge on any atom is -0.305 e. The van der Waals surface area contributed by atoms with Crippen LogP contribution < -0.4 is 0 Å². The molecule has 0 N–H and O–H groups in total. The molecule has 6 heteroatoms. The zero-order valence-electron chi connectivity index (χ0n) is 18.3. The minimum atomic E-state index is -4.32. The molecule has 35 heavy (non-hydrogen) atoms. The van der Waals surface area contributed by atoms with Crippen LogP contribution in [0.3, 0.4) is 0 Å². The second-order valence-electron chi connectivity index (χ2n) is 7.28. The van der Waals surface area contributed by atoms with Crippen molar-refractivity contribution in [2.24, 2.45) is 0 Å². The molecular weight excluding hydrogens is 626 g/mol. The normalized spacial score (nSPS) is 10.5. The fourth-order valence-corrected chi connectivity index (χ4v) is 3.19. The van der Waals surface area contributed by atoms with Gasteiger partial charge in [0.25, 0.3) is 0 Å². The molecule has 0 amide bonds. The van der Waals surface area contributed by atoms with E-state index in [1.807, 2.05) is 54.7 Å². The molecule has 2 aromatic heterocycles. The van der Waals surface area contributed by atoms with Crippen molar-refractivity contribution >= 4 is 0 Å². The van der Waals surface area contributed by atoms with E-state index in [-0.39, 0.29) is 20.1 Å². The first kappa shape index (κ1) is 26.0. The van der Waals surface area contributed by atoms with Gasteiger partial charge in [-0.25, -0.2) is 0 Å². The number of hydrogen-bond donors (Lipinski definition) is 0. The summed E-state index contributed by atoms with van der Waals surface area (Å²) in [7, 11) is 0. The molecule has 0 saturated carbocycles. The summed E-state index contributed by atoms with van der Waals surface area (Å²) < 4.78 is 36.9. The number of nitrogens with zero attached hydrogens (tertiary/aromatic N) is 2. The fraction of sp³-hybridized carbons (Fsp3) is 0.0345. The number of rotatable bonds is 3. The largest absolute Gasteiger partial charge is 0.381 e. The first-order valence-corrected chi connectivity index (χ1v) is 10.5. The Morgan fingerprint density at radius 3 is 1.89 bits per heavy atom. The second-order valence-corrected chi connectivity index (χ2v) is 7.28. The smallest absolute Gasteiger partial charge is 0.305 e. The van der Waals surface area contributed by atoms with Gasteiger partial charge in [0.05, 0.1) is 0 Å². The Bertz CT molecular complexity index is 1230. The Hall–Kier alpha value is -3.60. The molecule has 2 heterocycles. The maximum Gasteiger partial charge on any atom is 0.381 e. The summed E-state index contributed by atoms with van der Waals surface area (Å²) >= 11 is 0. The third kappa shape index (κ3) is 7.19. The van der Waals surface area contributed by atoms with Crippen molar-refractivity contribution in [3.05, 3.63) is 133 Å². The molecule has 0 unspecified atom stereocenters. The molecule has 0 saturated heterocycles. The van der Waals surface area contributed by atoms with Crippen LogP contribution in [-0.2, 0) is 26.3 Å². The number of aromatic nitrogens is 2. The van der Waals surface area contributed by atoms with Gasteiger partial charge in [-0.15, -0.1) is 65.7 Å². The van der Waals surface area contributed by atoms with Crippen molar-refractivity contribution in [3.8, 4) is 33.6 Å². The zero-order valence-corrected chi connectivity index (χ0v) is 20.7. The molecular formula is C29H19F3IrN2-2. The van der Waals surface area contributed by atoms with Crippen LogP contribution in [0.15, 0.2) is 116 Å². The van der Waals surface area contributed by atoms with E-state index in [0.29, 0.717) is 11.3 Å². The Labute approximate surface area is 215 Å². The van der Waals surface area contributed by atoms with Crippen molar-refractivity contribution < 1.29 is 33.3 Å². The van der Waals surface area contributed by atoms with Gasteiger partial charge in [-0.3, -0.25) is 0 Å². The summed E-state index contributed by atoms with van der Waals surface area (Å²) in [6, 6.07) is 36.6. The molecule has 0 bridgehead atoms. The maximum absolute atomic E-state index is 12.3. The SMILES string of the molecule is FC(F)(F)c1c[c-]c(-c2ccccn2)cc1.[Ir].[c-]1ccccc1-c1ccc(-c2ccccc2)cn1. The van der Waals surface area contributed by atoms with Crippen LogP contribution >= 0.6 is 0 Å².